The molecule has 0 bridgehead atoms. The van der Waals surface area contributed by atoms with Crippen LogP contribution in [0.1, 0.15) is 0 Å². The van der Waals surface area contributed by atoms with Crippen LogP contribution in [-0.4, -0.2) is 33.9 Å². The number of aromatic nitrogens is 3. The largest absolute Gasteiger partial charge is 0.302 e. The Balaban J connectivity index is 2.30. The lowest BCUT2D eigenvalue weighted by Gasteiger charge is -2.05. The fraction of sp³-hybridized carbons (Fsp3) is 0.200. The number of aromatic amines is 1. The Kier molecular flexibility index (Phi) is 3.17. The van der Waals surface area contributed by atoms with Gasteiger partial charge in [-0.3, -0.25) is 9.77 Å². The third-order valence-corrected chi connectivity index (χ3v) is 3.57. The van der Waals surface area contributed by atoms with E-state index in [4.69, 9.17) is 0 Å². The van der Waals surface area contributed by atoms with Crippen molar-refractivity contribution in [3.8, 4) is 11.4 Å². The van der Waals surface area contributed by atoms with Crippen LogP contribution in [0.2, 0.25) is 0 Å². The molecular formula is C10H13N4OP. The Morgan fingerprint density at radius 3 is 2.56 bits per heavy atom. The second-order valence-electron chi connectivity index (χ2n) is 3.57. The average molecular weight is 236 g/mol. The molecule has 0 saturated heterocycles. The summed E-state index contributed by atoms with van der Waals surface area (Å²) in [6, 6.07) is 9.60. The van der Waals surface area contributed by atoms with Gasteiger partial charge in [0.1, 0.15) is 0 Å². The summed E-state index contributed by atoms with van der Waals surface area (Å²) in [5.74, 6) is 0.579. The number of H-pyrrole nitrogens is 1. The van der Waals surface area contributed by atoms with Crippen LogP contribution in [0.15, 0.2) is 30.3 Å². The zero-order valence-corrected chi connectivity index (χ0v) is 10.1. The molecule has 16 heavy (non-hydrogen) atoms. The molecule has 0 radical (unpaired) electrons. The minimum atomic E-state index is -2.02. The molecule has 2 rings (SSSR count). The second kappa shape index (κ2) is 4.60. The van der Waals surface area contributed by atoms with Crippen LogP contribution in [0.25, 0.3) is 11.4 Å². The number of hydrogen-bond acceptors (Lipinski definition) is 3. The molecule has 1 atom stereocenters. The van der Waals surface area contributed by atoms with E-state index < -0.39 is 7.95 Å². The van der Waals surface area contributed by atoms with Crippen LogP contribution >= 0.6 is 7.95 Å². The standard InChI is InChI=1S/C10H13N4OP/c1-14(2)16(15)10-11-9(12-13-10)8-6-4-3-5-7-8/h3-7,16H,1-2H3,(H,11,12,13). The van der Waals surface area contributed by atoms with Gasteiger partial charge in [0, 0.05) is 5.56 Å². The normalized spacial score (nSPS) is 12.9. The average Bonchev–Trinajstić information content (AvgIpc) is 2.78. The van der Waals surface area contributed by atoms with Gasteiger partial charge in [-0.1, -0.05) is 30.3 Å². The van der Waals surface area contributed by atoms with Crippen molar-refractivity contribution in [3.63, 3.8) is 0 Å². The van der Waals surface area contributed by atoms with Crippen molar-refractivity contribution in [2.45, 2.75) is 0 Å². The highest BCUT2D eigenvalue weighted by Crippen LogP contribution is 2.21. The molecule has 2 aromatic rings. The maximum atomic E-state index is 11.8. The quantitative estimate of drug-likeness (QED) is 0.811. The zero-order chi connectivity index (χ0) is 11.5. The molecule has 0 aliphatic carbocycles. The lowest BCUT2D eigenvalue weighted by molar-refractivity contribution is 0.542. The Morgan fingerprint density at radius 2 is 1.94 bits per heavy atom. The van der Waals surface area contributed by atoms with E-state index in [1.807, 2.05) is 30.3 Å². The third kappa shape index (κ3) is 2.21. The predicted octanol–water partition coefficient (Wildman–Crippen LogP) is 1.13. The molecule has 6 heteroatoms. The number of hydrogen-bond donors (Lipinski definition) is 1. The van der Waals surface area contributed by atoms with Crippen molar-refractivity contribution >= 4 is 13.5 Å². The van der Waals surface area contributed by atoms with Crippen molar-refractivity contribution in [1.82, 2.24) is 19.9 Å². The SMILES string of the molecule is CN(C)[PH](=O)c1nc(-c2ccccc2)n[nH]1. The molecule has 84 valence electrons. The van der Waals surface area contributed by atoms with Crippen LogP contribution in [0, 0.1) is 0 Å². The van der Waals surface area contributed by atoms with Gasteiger partial charge in [-0.2, -0.15) is 5.10 Å². The smallest absolute Gasteiger partial charge is 0.202 e. The molecule has 0 amide bonds. The van der Waals surface area contributed by atoms with E-state index in [0.717, 1.165) is 5.56 Å². The number of rotatable bonds is 3. The summed E-state index contributed by atoms with van der Waals surface area (Å²) in [6.07, 6.45) is 0. The summed E-state index contributed by atoms with van der Waals surface area (Å²) >= 11 is 0. The molecule has 0 aliphatic heterocycles. The van der Waals surface area contributed by atoms with Gasteiger partial charge in [0.05, 0.1) is 0 Å². The van der Waals surface area contributed by atoms with E-state index >= 15 is 0 Å². The minimum absolute atomic E-state index is 0.439. The Morgan fingerprint density at radius 1 is 1.25 bits per heavy atom. The van der Waals surface area contributed by atoms with Gasteiger partial charge in [0.2, 0.25) is 7.95 Å². The summed E-state index contributed by atoms with van der Waals surface area (Å²) < 4.78 is 13.4. The van der Waals surface area contributed by atoms with Gasteiger partial charge < -0.3 is 4.57 Å². The van der Waals surface area contributed by atoms with E-state index in [-0.39, 0.29) is 0 Å². The van der Waals surface area contributed by atoms with E-state index in [2.05, 4.69) is 15.2 Å². The molecule has 1 aromatic heterocycles. The highest BCUT2D eigenvalue weighted by Gasteiger charge is 2.12. The highest BCUT2D eigenvalue weighted by molar-refractivity contribution is 7.50. The van der Waals surface area contributed by atoms with E-state index in [1.54, 1.807) is 18.8 Å². The van der Waals surface area contributed by atoms with Crippen molar-refractivity contribution in [1.29, 1.82) is 0 Å². The molecular weight excluding hydrogens is 223 g/mol. The summed E-state index contributed by atoms with van der Waals surface area (Å²) in [4.78, 5) is 4.23. The maximum absolute atomic E-state index is 11.8. The molecule has 5 nitrogen and oxygen atoms in total. The maximum Gasteiger partial charge on any atom is 0.202 e. The summed E-state index contributed by atoms with van der Waals surface area (Å²) in [7, 11) is 1.50. The fourth-order valence-corrected chi connectivity index (χ4v) is 2.06. The molecule has 1 heterocycles. The first-order valence-corrected chi connectivity index (χ1v) is 6.23. The Labute approximate surface area is 94.4 Å². The Hall–Kier alpha value is -1.45. The summed E-state index contributed by atoms with van der Waals surface area (Å²) in [6.45, 7) is 0. The van der Waals surface area contributed by atoms with Gasteiger partial charge in [-0.25, -0.2) is 4.98 Å². The van der Waals surface area contributed by atoms with Gasteiger partial charge in [-0.05, 0) is 14.1 Å². The topological polar surface area (TPSA) is 61.9 Å². The van der Waals surface area contributed by atoms with E-state index in [9.17, 15) is 4.57 Å². The third-order valence-electron chi connectivity index (χ3n) is 2.13. The molecule has 1 aromatic carbocycles. The molecule has 0 spiro atoms. The first-order valence-electron chi connectivity index (χ1n) is 4.88. The van der Waals surface area contributed by atoms with E-state index in [1.165, 1.54) is 0 Å². The minimum Gasteiger partial charge on any atom is -0.302 e. The summed E-state index contributed by atoms with van der Waals surface area (Å²) in [5.41, 5.74) is 1.35. The molecule has 0 saturated carbocycles. The van der Waals surface area contributed by atoms with Crippen molar-refractivity contribution < 1.29 is 4.57 Å². The summed E-state index contributed by atoms with van der Waals surface area (Å²) in [5, 5.41) is 6.77. The van der Waals surface area contributed by atoms with Crippen LogP contribution in [0.4, 0.5) is 0 Å². The molecule has 0 fully saturated rings. The van der Waals surface area contributed by atoms with Gasteiger partial charge in [-0.15, -0.1) is 0 Å². The molecule has 1 unspecified atom stereocenters. The van der Waals surface area contributed by atoms with Crippen LogP contribution in [0.5, 0.6) is 0 Å². The predicted molar refractivity (Wildman–Crippen MR) is 64.1 cm³/mol. The first kappa shape index (κ1) is 11.0. The molecule has 0 aliphatic rings. The second-order valence-corrected chi connectivity index (χ2v) is 5.55. The fourth-order valence-electron chi connectivity index (χ4n) is 1.29. The monoisotopic (exact) mass is 236 g/mol. The van der Waals surface area contributed by atoms with Gasteiger partial charge in [0.25, 0.3) is 0 Å². The van der Waals surface area contributed by atoms with Crippen molar-refractivity contribution in [2.24, 2.45) is 0 Å². The lowest BCUT2D eigenvalue weighted by Crippen LogP contribution is -2.12. The van der Waals surface area contributed by atoms with Crippen molar-refractivity contribution in [2.75, 3.05) is 14.1 Å². The van der Waals surface area contributed by atoms with Crippen LogP contribution < -0.4 is 5.57 Å². The highest BCUT2D eigenvalue weighted by atomic mass is 31.1. The van der Waals surface area contributed by atoms with E-state index in [0.29, 0.717) is 11.4 Å². The van der Waals surface area contributed by atoms with Gasteiger partial charge in [0.15, 0.2) is 11.4 Å². The number of nitrogens with zero attached hydrogens (tertiary/aromatic N) is 3. The van der Waals surface area contributed by atoms with Gasteiger partial charge >= 0.3 is 0 Å². The lowest BCUT2D eigenvalue weighted by atomic mass is 10.2. The van der Waals surface area contributed by atoms with Crippen LogP contribution in [0.3, 0.4) is 0 Å². The molecule has 1 N–H and O–H groups in total. The van der Waals surface area contributed by atoms with Crippen molar-refractivity contribution in [3.05, 3.63) is 30.3 Å². The number of benzene rings is 1. The zero-order valence-electron chi connectivity index (χ0n) is 9.14. The Bertz CT molecular complexity index is 495. The number of nitrogens with one attached hydrogen (secondary N) is 1. The first-order chi connectivity index (χ1) is 7.68. The van der Waals surface area contributed by atoms with Crippen LogP contribution in [-0.2, 0) is 4.57 Å².